The van der Waals surface area contributed by atoms with Crippen LogP contribution >= 0.6 is 11.3 Å². The van der Waals surface area contributed by atoms with Crippen molar-refractivity contribution in [3.63, 3.8) is 0 Å². The molecule has 0 aliphatic carbocycles. The summed E-state index contributed by atoms with van der Waals surface area (Å²) >= 11 is 1.45. The van der Waals surface area contributed by atoms with Crippen molar-refractivity contribution >= 4 is 35.0 Å². The molecule has 9 heteroatoms. The molecule has 0 saturated carbocycles. The van der Waals surface area contributed by atoms with Gasteiger partial charge in [0.05, 0.1) is 9.80 Å². The van der Waals surface area contributed by atoms with E-state index in [9.17, 15) is 14.9 Å². The molecule has 2 aromatic heterocycles. The van der Waals surface area contributed by atoms with Gasteiger partial charge in [-0.25, -0.2) is 0 Å². The first-order valence-corrected chi connectivity index (χ1v) is 7.61. The Labute approximate surface area is 139 Å². The summed E-state index contributed by atoms with van der Waals surface area (Å²) in [6.45, 7) is 0. The van der Waals surface area contributed by atoms with Gasteiger partial charge < -0.3 is 4.42 Å². The van der Waals surface area contributed by atoms with Gasteiger partial charge in [0.2, 0.25) is 0 Å². The van der Waals surface area contributed by atoms with Gasteiger partial charge in [-0.15, -0.1) is 16.4 Å². The number of benzene rings is 1. The fraction of sp³-hybridized carbons (Fsp3) is 0. The topological polar surface area (TPSA) is 111 Å². The van der Waals surface area contributed by atoms with Crippen molar-refractivity contribution < 1.29 is 14.1 Å². The average Bonchev–Trinajstić information content (AvgIpc) is 3.24. The first kappa shape index (κ1) is 15.6. The Bertz CT molecular complexity index is 885. The van der Waals surface area contributed by atoms with Gasteiger partial charge in [-0.3, -0.25) is 20.2 Å². The summed E-state index contributed by atoms with van der Waals surface area (Å²) in [6.07, 6.45) is 2.80. The quantitative estimate of drug-likeness (QED) is 0.432. The van der Waals surface area contributed by atoms with Crippen LogP contribution in [0.5, 0.6) is 0 Å². The van der Waals surface area contributed by atoms with Gasteiger partial charge >= 0.3 is 6.01 Å². The average molecular weight is 342 g/mol. The number of carbonyl (C=O) groups is 1. The SMILES string of the molecule is O=C(C=Cc1ccc([N+](=O)[O-])cc1)Nc1nnc(-c2cccs2)o1. The first-order valence-electron chi connectivity index (χ1n) is 6.73. The van der Waals surface area contributed by atoms with Crippen LogP contribution in [0.4, 0.5) is 11.7 Å². The fourth-order valence-corrected chi connectivity index (χ4v) is 2.44. The number of nitro benzene ring substituents is 1. The van der Waals surface area contributed by atoms with Crippen LogP contribution in [0.2, 0.25) is 0 Å². The molecule has 0 spiro atoms. The van der Waals surface area contributed by atoms with Crippen molar-refractivity contribution in [3.05, 3.63) is 63.5 Å². The molecule has 0 bridgehead atoms. The Kier molecular flexibility index (Phi) is 4.43. The number of rotatable bonds is 5. The monoisotopic (exact) mass is 342 g/mol. The van der Waals surface area contributed by atoms with E-state index in [1.54, 1.807) is 12.1 Å². The molecule has 0 radical (unpaired) electrons. The zero-order valence-electron chi connectivity index (χ0n) is 12.1. The maximum Gasteiger partial charge on any atom is 0.322 e. The number of aromatic nitrogens is 2. The predicted molar refractivity (Wildman–Crippen MR) is 88.4 cm³/mol. The third-order valence-electron chi connectivity index (χ3n) is 2.92. The molecular formula is C15H10N4O4S. The summed E-state index contributed by atoms with van der Waals surface area (Å²) in [4.78, 5) is 22.7. The van der Waals surface area contributed by atoms with E-state index in [2.05, 4.69) is 15.5 Å². The van der Waals surface area contributed by atoms with Crippen LogP contribution in [0.3, 0.4) is 0 Å². The molecule has 1 amide bonds. The van der Waals surface area contributed by atoms with Crippen LogP contribution in [0, 0.1) is 10.1 Å². The zero-order chi connectivity index (χ0) is 16.9. The van der Waals surface area contributed by atoms with Crippen molar-refractivity contribution in [2.45, 2.75) is 0 Å². The standard InChI is InChI=1S/C15H10N4O4S/c20-13(8-5-10-3-6-11(7-4-10)19(21)22)16-15-18-17-14(23-15)12-2-1-9-24-12/h1-9H,(H,16,18,20). The fourth-order valence-electron chi connectivity index (χ4n) is 1.80. The molecule has 0 fully saturated rings. The second-order valence-electron chi connectivity index (χ2n) is 4.56. The lowest BCUT2D eigenvalue weighted by Crippen LogP contribution is -2.07. The Balaban J connectivity index is 1.62. The van der Waals surface area contributed by atoms with Gasteiger partial charge in [-0.2, -0.15) is 0 Å². The molecule has 0 atom stereocenters. The highest BCUT2D eigenvalue weighted by molar-refractivity contribution is 7.13. The Hall–Kier alpha value is -3.33. The highest BCUT2D eigenvalue weighted by Gasteiger charge is 2.10. The maximum absolute atomic E-state index is 11.8. The third-order valence-corrected chi connectivity index (χ3v) is 3.78. The van der Waals surface area contributed by atoms with Crippen LogP contribution in [0.15, 0.2) is 52.3 Å². The molecular weight excluding hydrogens is 332 g/mol. The van der Waals surface area contributed by atoms with E-state index in [1.807, 2.05) is 17.5 Å². The van der Waals surface area contributed by atoms with Gasteiger partial charge in [0.25, 0.3) is 17.5 Å². The number of carbonyl (C=O) groups excluding carboxylic acids is 1. The number of thiophene rings is 1. The number of anilines is 1. The molecule has 1 N–H and O–H groups in total. The van der Waals surface area contributed by atoms with Gasteiger partial charge in [0.1, 0.15) is 0 Å². The normalized spacial score (nSPS) is 10.8. The second kappa shape index (κ2) is 6.84. The zero-order valence-corrected chi connectivity index (χ0v) is 12.9. The lowest BCUT2D eigenvalue weighted by molar-refractivity contribution is -0.384. The minimum Gasteiger partial charge on any atom is -0.402 e. The molecule has 3 aromatic rings. The summed E-state index contributed by atoms with van der Waals surface area (Å²) in [7, 11) is 0. The van der Waals surface area contributed by atoms with E-state index in [4.69, 9.17) is 4.42 Å². The maximum atomic E-state index is 11.8. The van der Waals surface area contributed by atoms with E-state index >= 15 is 0 Å². The highest BCUT2D eigenvalue weighted by Crippen LogP contribution is 2.24. The third kappa shape index (κ3) is 3.70. The lowest BCUT2D eigenvalue weighted by Gasteiger charge is -1.95. The molecule has 120 valence electrons. The molecule has 8 nitrogen and oxygen atoms in total. The molecule has 3 rings (SSSR count). The number of nitro groups is 1. The Morgan fingerprint density at radius 1 is 1.25 bits per heavy atom. The van der Waals surface area contributed by atoms with Crippen LogP contribution < -0.4 is 5.32 Å². The number of hydrogen-bond donors (Lipinski definition) is 1. The van der Waals surface area contributed by atoms with Crippen LogP contribution in [0.1, 0.15) is 5.56 Å². The smallest absolute Gasteiger partial charge is 0.322 e. The number of non-ortho nitro benzene ring substituents is 1. The highest BCUT2D eigenvalue weighted by atomic mass is 32.1. The minimum atomic E-state index is -0.485. The summed E-state index contributed by atoms with van der Waals surface area (Å²) in [5.41, 5.74) is 0.643. The second-order valence-corrected chi connectivity index (χ2v) is 5.51. The summed E-state index contributed by atoms with van der Waals surface area (Å²) in [5.74, 6) is -0.116. The molecule has 24 heavy (non-hydrogen) atoms. The predicted octanol–water partition coefficient (Wildman–Crippen LogP) is 3.36. The lowest BCUT2D eigenvalue weighted by atomic mass is 10.2. The van der Waals surface area contributed by atoms with Crippen molar-refractivity contribution in [1.29, 1.82) is 0 Å². The van der Waals surface area contributed by atoms with Gasteiger partial charge in [-0.1, -0.05) is 11.2 Å². The Morgan fingerprint density at radius 2 is 2.04 bits per heavy atom. The van der Waals surface area contributed by atoms with Crippen molar-refractivity contribution in [1.82, 2.24) is 10.2 Å². The van der Waals surface area contributed by atoms with Crippen LogP contribution in [-0.2, 0) is 4.79 Å². The summed E-state index contributed by atoms with van der Waals surface area (Å²) < 4.78 is 5.34. The number of nitrogens with one attached hydrogen (secondary N) is 1. The van der Waals surface area contributed by atoms with E-state index in [0.29, 0.717) is 11.5 Å². The van der Waals surface area contributed by atoms with Crippen LogP contribution in [0.25, 0.3) is 16.8 Å². The molecule has 2 heterocycles. The minimum absolute atomic E-state index is 0.00301. The van der Waals surface area contributed by atoms with E-state index < -0.39 is 10.8 Å². The van der Waals surface area contributed by atoms with Crippen molar-refractivity contribution in [2.24, 2.45) is 0 Å². The number of nitrogens with zero attached hydrogens (tertiary/aromatic N) is 3. The van der Waals surface area contributed by atoms with E-state index in [1.165, 1.54) is 35.6 Å². The Morgan fingerprint density at radius 3 is 2.71 bits per heavy atom. The summed E-state index contributed by atoms with van der Waals surface area (Å²) in [6, 6.07) is 9.50. The molecule has 0 aliphatic rings. The first-order chi connectivity index (χ1) is 11.6. The van der Waals surface area contributed by atoms with Crippen LogP contribution in [-0.4, -0.2) is 21.0 Å². The number of amides is 1. The molecule has 0 saturated heterocycles. The molecule has 0 unspecified atom stereocenters. The van der Waals surface area contributed by atoms with Gasteiger partial charge in [0.15, 0.2) is 0 Å². The van der Waals surface area contributed by atoms with E-state index in [-0.39, 0.29) is 11.7 Å². The van der Waals surface area contributed by atoms with Crippen molar-refractivity contribution in [2.75, 3.05) is 5.32 Å². The van der Waals surface area contributed by atoms with Gasteiger partial charge in [-0.05, 0) is 35.2 Å². The molecule has 1 aromatic carbocycles. The van der Waals surface area contributed by atoms with Crippen molar-refractivity contribution in [3.8, 4) is 10.8 Å². The summed E-state index contributed by atoms with van der Waals surface area (Å²) in [5, 5.41) is 22.5. The van der Waals surface area contributed by atoms with Gasteiger partial charge in [0, 0.05) is 18.2 Å². The molecule has 0 aliphatic heterocycles. The largest absolute Gasteiger partial charge is 0.402 e. The van der Waals surface area contributed by atoms with E-state index in [0.717, 1.165) is 4.88 Å². The number of hydrogen-bond acceptors (Lipinski definition) is 7.